The minimum Gasteiger partial charge on any atom is -0.308 e. The first-order chi connectivity index (χ1) is 10.1. The number of hydrogen-bond donors (Lipinski definition) is 2. The van der Waals surface area contributed by atoms with Crippen LogP contribution in [0.25, 0.3) is 10.2 Å². The molecule has 114 valence electrons. The van der Waals surface area contributed by atoms with E-state index >= 15 is 0 Å². The fourth-order valence-corrected chi connectivity index (χ4v) is 3.71. The van der Waals surface area contributed by atoms with Crippen molar-refractivity contribution in [2.75, 3.05) is 25.6 Å². The van der Waals surface area contributed by atoms with Crippen LogP contribution in [-0.2, 0) is 6.54 Å². The molecule has 2 aromatic rings. The molecule has 3 rings (SSSR count). The molecule has 0 spiro atoms. The Kier molecular flexibility index (Phi) is 4.08. The summed E-state index contributed by atoms with van der Waals surface area (Å²) in [5.41, 5.74) is 2.69. The fraction of sp³-hybridized carbons (Fsp3) is 0.571. The lowest BCUT2D eigenvalue weighted by Gasteiger charge is -2.42. The van der Waals surface area contributed by atoms with Gasteiger partial charge in [-0.2, -0.15) is 0 Å². The topological polar surface area (TPSA) is 70.3 Å². The molecule has 0 saturated carbocycles. The number of fused-ring (bicyclic) bond motifs is 1. The van der Waals surface area contributed by atoms with Crippen molar-refractivity contribution in [2.45, 2.75) is 32.5 Å². The summed E-state index contributed by atoms with van der Waals surface area (Å²) < 4.78 is 0. The molecule has 0 bridgehead atoms. The van der Waals surface area contributed by atoms with E-state index in [9.17, 15) is 0 Å². The Balaban J connectivity index is 1.81. The smallest absolute Gasteiger partial charge is 0.152 e. The van der Waals surface area contributed by atoms with E-state index in [0.717, 1.165) is 35.7 Å². The third kappa shape index (κ3) is 2.87. The second kappa shape index (κ2) is 5.84. The summed E-state index contributed by atoms with van der Waals surface area (Å²) >= 11 is 1.62. The lowest BCUT2D eigenvalue weighted by molar-refractivity contribution is 0.0542. The molecule has 0 aliphatic carbocycles. The van der Waals surface area contributed by atoms with E-state index in [-0.39, 0.29) is 0 Å². The maximum absolute atomic E-state index is 5.58. The van der Waals surface area contributed by atoms with E-state index in [1.165, 1.54) is 0 Å². The molecule has 2 aromatic heterocycles. The number of nitrogens with zero attached hydrogens (tertiary/aromatic N) is 4. The second-order valence-electron chi connectivity index (χ2n) is 5.83. The summed E-state index contributed by atoms with van der Waals surface area (Å²) in [6.07, 6.45) is 0. The molecule has 0 aromatic carbocycles. The molecular formula is C14H22N6S. The number of aromatic nitrogens is 2. The Morgan fingerprint density at radius 1 is 1.33 bits per heavy atom. The number of likely N-dealkylation sites (N-methyl/N-ethyl adjacent to an activating group) is 1. The molecule has 7 heteroatoms. The highest BCUT2D eigenvalue weighted by Gasteiger charge is 2.27. The SMILES string of the molecule is CC1CN(Cc2nc(NN)c3ccsc3n2)CC(C)N1C. The fourth-order valence-electron chi connectivity index (χ4n) is 2.92. The highest BCUT2D eigenvalue weighted by Crippen LogP contribution is 2.25. The van der Waals surface area contributed by atoms with Gasteiger partial charge in [0.25, 0.3) is 0 Å². The molecule has 1 saturated heterocycles. The van der Waals surface area contributed by atoms with Gasteiger partial charge in [-0.25, -0.2) is 15.8 Å². The van der Waals surface area contributed by atoms with Crippen LogP contribution in [0, 0.1) is 0 Å². The number of nitrogens with one attached hydrogen (secondary N) is 1. The van der Waals surface area contributed by atoms with Gasteiger partial charge >= 0.3 is 0 Å². The average molecular weight is 306 g/mol. The molecule has 3 N–H and O–H groups in total. The monoisotopic (exact) mass is 306 g/mol. The summed E-state index contributed by atoms with van der Waals surface area (Å²) in [7, 11) is 2.19. The number of anilines is 1. The maximum Gasteiger partial charge on any atom is 0.152 e. The normalized spacial score (nSPS) is 24.6. The standard InChI is InChI=1S/C14H22N6S/c1-9-6-20(7-10(2)19(9)3)8-12-16-13(18-15)11-4-5-21-14(11)17-12/h4-5,9-10H,6-8,15H2,1-3H3,(H,16,17,18). The van der Waals surface area contributed by atoms with Crippen molar-refractivity contribution in [2.24, 2.45) is 5.84 Å². The zero-order valence-corrected chi connectivity index (χ0v) is 13.5. The quantitative estimate of drug-likeness (QED) is 0.661. The van der Waals surface area contributed by atoms with Crippen molar-refractivity contribution in [3.05, 3.63) is 17.3 Å². The van der Waals surface area contributed by atoms with Gasteiger partial charge in [0.15, 0.2) is 5.82 Å². The number of hydrazine groups is 1. The number of rotatable bonds is 3. The van der Waals surface area contributed by atoms with Gasteiger partial charge in [-0.05, 0) is 32.3 Å². The zero-order chi connectivity index (χ0) is 15.0. The minimum absolute atomic E-state index is 0.548. The van der Waals surface area contributed by atoms with Crippen molar-refractivity contribution >= 4 is 27.4 Å². The van der Waals surface area contributed by atoms with E-state index in [4.69, 9.17) is 5.84 Å². The first-order valence-corrected chi connectivity index (χ1v) is 8.11. The number of thiophene rings is 1. The molecule has 0 amide bonds. The number of nitrogens with two attached hydrogens (primary N) is 1. The maximum atomic E-state index is 5.58. The Morgan fingerprint density at radius 2 is 2.05 bits per heavy atom. The Morgan fingerprint density at radius 3 is 2.71 bits per heavy atom. The third-order valence-corrected chi connectivity index (χ3v) is 5.12. The first kappa shape index (κ1) is 14.6. The third-order valence-electron chi connectivity index (χ3n) is 4.31. The first-order valence-electron chi connectivity index (χ1n) is 7.23. The molecular weight excluding hydrogens is 284 g/mol. The molecule has 6 nitrogen and oxygen atoms in total. The van der Waals surface area contributed by atoms with Crippen LogP contribution in [0.2, 0.25) is 0 Å². The highest BCUT2D eigenvalue weighted by atomic mass is 32.1. The van der Waals surface area contributed by atoms with Crippen molar-refractivity contribution < 1.29 is 0 Å². The van der Waals surface area contributed by atoms with Crippen LogP contribution in [-0.4, -0.2) is 52.0 Å². The molecule has 1 aliphatic heterocycles. The zero-order valence-electron chi connectivity index (χ0n) is 12.7. The van der Waals surface area contributed by atoms with E-state index in [0.29, 0.717) is 17.9 Å². The summed E-state index contributed by atoms with van der Waals surface area (Å²) in [4.78, 5) is 15.1. The summed E-state index contributed by atoms with van der Waals surface area (Å²) in [5, 5.41) is 3.01. The van der Waals surface area contributed by atoms with Crippen LogP contribution in [0.5, 0.6) is 0 Å². The van der Waals surface area contributed by atoms with E-state index < -0.39 is 0 Å². The summed E-state index contributed by atoms with van der Waals surface area (Å²) in [6.45, 7) is 7.37. The predicted molar refractivity (Wildman–Crippen MR) is 87.2 cm³/mol. The van der Waals surface area contributed by atoms with Gasteiger partial charge in [0.2, 0.25) is 0 Å². The largest absolute Gasteiger partial charge is 0.308 e. The highest BCUT2D eigenvalue weighted by molar-refractivity contribution is 7.16. The van der Waals surface area contributed by atoms with Gasteiger partial charge in [-0.3, -0.25) is 9.80 Å². The van der Waals surface area contributed by atoms with E-state index in [1.807, 2.05) is 11.4 Å². The van der Waals surface area contributed by atoms with Crippen LogP contribution in [0.4, 0.5) is 5.82 Å². The van der Waals surface area contributed by atoms with Crippen molar-refractivity contribution in [3.8, 4) is 0 Å². The number of nitrogen functional groups attached to an aromatic ring is 1. The van der Waals surface area contributed by atoms with Gasteiger partial charge in [-0.1, -0.05) is 0 Å². The Hall–Kier alpha value is -1.28. The summed E-state index contributed by atoms with van der Waals surface area (Å²) in [5.74, 6) is 7.13. The number of hydrogen-bond acceptors (Lipinski definition) is 7. The van der Waals surface area contributed by atoms with E-state index in [2.05, 4.69) is 46.1 Å². The van der Waals surface area contributed by atoms with Gasteiger partial charge in [0.05, 0.1) is 11.9 Å². The Bertz CT molecular complexity index is 615. The Labute approximate surface area is 128 Å². The van der Waals surface area contributed by atoms with Gasteiger partial charge in [0, 0.05) is 25.2 Å². The molecule has 1 aliphatic rings. The van der Waals surface area contributed by atoms with Crippen molar-refractivity contribution in [1.82, 2.24) is 19.8 Å². The van der Waals surface area contributed by atoms with Gasteiger partial charge < -0.3 is 5.43 Å². The average Bonchev–Trinajstić information content (AvgIpc) is 2.92. The molecule has 3 heterocycles. The second-order valence-corrected chi connectivity index (χ2v) is 6.72. The molecule has 2 unspecified atom stereocenters. The van der Waals surface area contributed by atoms with Crippen LogP contribution >= 0.6 is 11.3 Å². The van der Waals surface area contributed by atoms with Crippen LogP contribution in [0.1, 0.15) is 19.7 Å². The van der Waals surface area contributed by atoms with Crippen LogP contribution in [0.15, 0.2) is 11.4 Å². The van der Waals surface area contributed by atoms with Crippen LogP contribution < -0.4 is 11.3 Å². The van der Waals surface area contributed by atoms with Gasteiger partial charge in [0.1, 0.15) is 10.7 Å². The van der Waals surface area contributed by atoms with Gasteiger partial charge in [-0.15, -0.1) is 11.3 Å². The minimum atomic E-state index is 0.548. The van der Waals surface area contributed by atoms with Crippen molar-refractivity contribution in [3.63, 3.8) is 0 Å². The molecule has 1 fully saturated rings. The molecule has 2 atom stereocenters. The predicted octanol–water partition coefficient (Wildman–Crippen LogP) is 1.50. The number of piperazine rings is 1. The van der Waals surface area contributed by atoms with Crippen LogP contribution in [0.3, 0.4) is 0 Å². The van der Waals surface area contributed by atoms with E-state index in [1.54, 1.807) is 11.3 Å². The molecule has 0 radical (unpaired) electrons. The lowest BCUT2D eigenvalue weighted by Crippen LogP contribution is -2.54. The van der Waals surface area contributed by atoms with Crippen molar-refractivity contribution in [1.29, 1.82) is 0 Å². The summed E-state index contributed by atoms with van der Waals surface area (Å²) in [6, 6.07) is 3.09. The molecule has 21 heavy (non-hydrogen) atoms. The lowest BCUT2D eigenvalue weighted by atomic mass is 10.1.